The maximum absolute atomic E-state index is 5.90. The summed E-state index contributed by atoms with van der Waals surface area (Å²) in [5.41, 5.74) is 8.07. The minimum absolute atomic E-state index is 0.156. The molecular formula is C14H23N3. The third-order valence-electron chi connectivity index (χ3n) is 2.26. The monoisotopic (exact) mass is 233 g/mol. The minimum Gasteiger partial charge on any atom is -0.370 e. The Balaban J connectivity index is 2.84. The normalized spacial score (nSPS) is 12.6. The summed E-state index contributed by atoms with van der Waals surface area (Å²) in [6.07, 6.45) is 2.17. The van der Waals surface area contributed by atoms with E-state index in [1.165, 1.54) is 5.56 Å². The van der Waals surface area contributed by atoms with Gasteiger partial charge in [0.25, 0.3) is 0 Å². The van der Waals surface area contributed by atoms with Crippen molar-refractivity contribution in [1.29, 1.82) is 0 Å². The predicted octanol–water partition coefficient (Wildman–Crippen LogP) is 3.16. The first kappa shape index (κ1) is 13.6. The molecule has 0 spiro atoms. The Bertz CT molecular complexity index is 389. The Labute approximate surface area is 104 Å². The van der Waals surface area contributed by atoms with Crippen LogP contribution in [-0.4, -0.2) is 11.5 Å². The Morgan fingerprint density at radius 3 is 2.53 bits per heavy atom. The van der Waals surface area contributed by atoms with Gasteiger partial charge >= 0.3 is 0 Å². The second-order valence-electron chi connectivity index (χ2n) is 5.20. The molecule has 0 aromatic heterocycles. The van der Waals surface area contributed by atoms with E-state index in [0.29, 0.717) is 5.96 Å². The number of benzene rings is 1. The van der Waals surface area contributed by atoms with Crippen molar-refractivity contribution in [3.05, 3.63) is 29.8 Å². The summed E-state index contributed by atoms with van der Waals surface area (Å²) < 4.78 is 0. The highest BCUT2D eigenvalue weighted by molar-refractivity contribution is 5.93. The summed E-state index contributed by atoms with van der Waals surface area (Å²) in [5, 5.41) is 3.18. The lowest BCUT2D eigenvalue weighted by atomic mass is 10.1. The highest BCUT2D eigenvalue weighted by Crippen LogP contribution is 2.17. The number of anilines is 1. The van der Waals surface area contributed by atoms with E-state index >= 15 is 0 Å². The topological polar surface area (TPSA) is 50.4 Å². The summed E-state index contributed by atoms with van der Waals surface area (Å²) in [7, 11) is 0. The van der Waals surface area contributed by atoms with Crippen LogP contribution in [0.15, 0.2) is 29.3 Å². The molecule has 1 aromatic rings. The molecule has 0 bridgehead atoms. The molecule has 0 aliphatic heterocycles. The number of aliphatic imine (C=N–C) groups is 1. The van der Waals surface area contributed by atoms with E-state index in [1.807, 2.05) is 39.0 Å². The maximum Gasteiger partial charge on any atom is 0.193 e. The van der Waals surface area contributed by atoms with Crippen molar-refractivity contribution in [2.45, 2.75) is 46.1 Å². The second-order valence-corrected chi connectivity index (χ2v) is 5.20. The van der Waals surface area contributed by atoms with E-state index in [-0.39, 0.29) is 5.54 Å². The van der Waals surface area contributed by atoms with Crippen molar-refractivity contribution in [1.82, 2.24) is 0 Å². The molecule has 94 valence electrons. The van der Waals surface area contributed by atoms with E-state index in [2.05, 4.69) is 23.3 Å². The van der Waals surface area contributed by atoms with Crippen molar-refractivity contribution in [3.8, 4) is 0 Å². The summed E-state index contributed by atoms with van der Waals surface area (Å²) in [6.45, 7) is 8.25. The van der Waals surface area contributed by atoms with Gasteiger partial charge in [-0.05, 0) is 38.8 Å². The van der Waals surface area contributed by atoms with Crippen LogP contribution in [0.25, 0.3) is 0 Å². The van der Waals surface area contributed by atoms with Crippen molar-refractivity contribution >= 4 is 11.6 Å². The number of nitrogens with zero attached hydrogens (tertiary/aromatic N) is 1. The SMILES string of the molecule is CCCc1ccccc1NC(N)=NC(C)(C)C. The van der Waals surface area contributed by atoms with Gasteiger partial charge in [0.1, 0.15) is 0 Å². The Morgan fingerprint density at radius 2 is 1.94 bits per heavy atom. The average molecular weight is 233 g/mol. The molecule has 0 aliphatic carbocycles. The van der Waals surface area contributed by atoms with E-state index < -0.39 is 0 Å². The van der Waals surface area contributed by atoms with Crippen molar-refractivity contribution in [2.24, 2.45) is 10.7 Å². The highest BCUT2D eigenvalue weighted by atomic mass is 15.1. The number of aryl methyl sites for hydroxylation is 1. The Hall–Kier alpha value is -1.51. The van der Waals surface area contributed by atoms with E-state index in [4.69, 9.17) is 5.73 Å². The Morgan fingerprint density at radius 1 is 1.29 bits per heavy atom. The van der Waals surface area contributed by atoms with Crippen LogP contribution in [0.3, 0.4) is 0 Å². The number of rotatable bonds is 3. The van der Waals surface area contributed by atoms with Gasteiger partial charge in [-0.3, -0.25) is 0 Å². The first-order valence-electron chi connectivity index (χ1n) is 6.12. The molecule has 0 saturated heterocycles. The lowest BCUT2D eigenvalue weighted by molar-refractivity contribution is 0.583. The summed E-state index contributed by atoms with van der Waals surface area (Å²) in [5.74, 6) is 0.473. The fraction of sp³-hybridized carbons (Fsp3) is 0.500. The van der Waals surface area contributed by atoms with Gasteiger partial charge in [0.2, 0.25) is 0 Å². The van der Waals surface area contributed by atoms with Crippen LogP contribution in [0.5, 0.6) is 0 Å². The zero-order chi connectivity index (χ0) is 12.9. The van der Waals surface area contributed by atoms with Gasteiger partial charge in [-0.25, -0.2) is 4.99 Å². The Kier molecular flexibility index (Phi) is 4.55. The van der Waals surface area contributed by atoms with Crippen molar-refractivity contribution in [3.63, 3.8) is 0 Å². The summed E-state index contributed by atoms with van der Waals surface area (Å²) >= 11 is 0. The number of guanidine groups is 1. The first-order chi connectivity index (χ1) is 7.92. The van der Waals surface area contributed by atoms with Crippen molar-refractivity contribution < 1.29 is 0 Å². The largest absolute Gasteiger partial charge is 0.370 e. The number of nitrogens with one attached hydrogen (secondary N) is 1. The summed E-state index contributed by atoms with van der Waals surface area (Å²) in [4.78, 5) is 4.39. The third kappa shape index (κ3) is 4.89. The zero-order valence-corrected chi connectivity index (χ0v) is 11.2. The molecule has 0 saturated carbocycles. The van der Waals surface area contributed by atoms with E-state index in [0.717, 1.165) is 18.5 Å². The quantitative estimate of drug-likeness (QED) is 0.622. The molecule has 0 aliphatic rings. The van der Waals surface area contributed by atoms with Crippen LogP contribution in [-0.2, 0) is 6.42 Å². The summed E-state index contributed by atoms with van der Waals surface area (Å²) in [6, 6.07) is 8.21. The van der Waals surface area contributed by atoms with Gasteiger partial charge in [-0.1, -0.05) is 31.5 Å². The van der Waals surface area contributed by atoms with Crippen LogP contribution in [0.1, 0.15) is 39.7 Å². The maximum atomic E-state index is 5.90. The lowest BCUT2D eigenvalue weighted by Gasteiger charge is -2.16. The van der Waals surface area contributed by atoms with Crippen LogP contribution in [0.2, 0.25) is 0 Å². The molecule has 1 rings (SSSR count). The highest BCUT2D eigenvalue weighted by Gasteiger charge is 2.09. The molecule has 3 N–H and O–H groups in total. The number of hydrogen-bond acceptors (Lipinski definition) is 1. The molecule has 0 fully saturated rings. The number of nitrogens with two attached hydrogens (primary N) is 1. The fourth-order valence-electron chi connectivity index (χ4n) is 1.66. The van der Waals surface area contributed by atoms with Gasteiger partial charge in [0.15, 0.2) is 5.96 Å². The van der Waals surface area contributed by atoms with E-state index in [9.17, 15) is 0 Å². The van der Waals surface area contributed by atoms with Crippen molar-refractivity contribution in [2.75, 3.05) is 5.32 Å². The van der Waals surface area contributed by atoms with Gasteiger partial charge in [-0.2, -0.15) is 0 Å². The zero-order valence-electron chi connectivity index (χ0n) is 11.2. The molecule has 0 unspecified atom stereocenters. The van der Waals surface area contributed by atoms with Gasteiger partial charge in [0, 0.05) is 5.69 Å². The van der Waals surface area contributed by atoms with Gasteiger partial charge in [-0.15, -0.1) is 0 Å². The minimum atomic E-state index is -0.156. The standard InChI is InChI=1S/C14H23N3/c1-5-8-11-9-6-7-10-12(11)16-13(15)17-14(2,3)4/h6-7,9-10H,5,8H2,1-4H3,(H3,15,16,17). The first-order valence-corrected chi connectivity index (χ1v) is 6.12. The van der Waals surface area contributed by atoms with Crippen LogP contribution < -0.4 is 11.1 Å². The molecule has 0 radical (unpaired) electrons. The molecule has 0 atom stereocenters. The predicted molar refractivity (Wildman–Crippen MR) is 75.4 cm³/mol. The lowest BCUT2D eigenvalue weighted by Crippen LogP contribution is -2.27. The second kappa shape index (κ2) is 5.71. The molecule has 0 amide bonds. The van der Waals surface area contributed by atoms with Crippen LogP contribution >= 0.6 is 0 Å². The molecule has 17 heavy (non-hydrogen) atoms. The third-order valence-corrected chi connectivity index (χ3v) is 2.26. The van der Waals surface area contributed by atoms with Crippen LogP contribution in [0.4, 0.5) is 5.69 Å². The average Bonchev–Trinajstić information content (AvgIpc) is 2.18. The number of para-hydroxylation sites is 1. The molecular weight excluding hydrogens is 210 g/mol. The molecule has 0 heterocycles. The van der Waals surface area contributed by atoms with Crippen LogP contribution in [0, 0.1) is 0 Å². The van der Waals surface area contributed by atoms with E-state index in [1.54, 1.807) is 0 Å². The fourth-order valence-corrected chi connectivity index (χ4v) is 1.66. The van der Waals surface area contributed by atoms with Gasteiger partial charge < -0.3 is 11.1 Å². The molecule has 3 heteroatoms. The molecule has 1 aromatic carbocycles. The number of hydrogen-bond donors (Lipinski definition) is 2. The molecule has 3 nitrogen and oxygen atoms in total. The smallest absolute Gasteiger partial charge is 0.193 e. The van der Waals surface area contributed by atoms with Gasteiger partial charge in [0.05, 0.1) is 5.54 Å².